The Balaban J connectivity index is 2.77. The molecule has 1 aromatic heterocycles. The standard InChI is InChI=1S/C12H22N2/c1-4-5-6-12(9-13)14-10(2)7-8-11(14)3/h7-8,12H,4-6,9,13H2,1-3H3. The van der Waals surface area contributed by atoms with E-state index >= 15 is 0 Å². The van der Waals surface area contributed by atoms with Gasteiger partial charge in [0.05, 0.1) is 0 Å². The molecule has 0 spiro atoms. The van der Waals surface area contributed by atoms with Crippen LogP contribution in [0.5, 0.6) is 0 Å². The van der Waals surface area contributed by atoms with Crippen LogP contribution in [0.4, 0.5) is 0 Å². The van der Waals surface area contributed by atoms with E-state index in [4.69, 9.17) is 5.73 Å². The van der Waals surface area contributed by atoms with Gasteiger partial charge in [-0.25, -0.2) is 0 Å². The number of hydrogen-bond donors (Lipinski definition) is 1. The quantitative estimate of drug-likeness (QED) is 0.767. The zero-order valence-corrected chi connectivity index (χ0v) is 9.59. The summed E-state index contributed by atoms with van der Waals surface area (Å²) in [5, 5.41) is 0. The number of nitrogens with zero attached hydrogens (tertiary/aromatic N) is 1. The van der Waals surface area contributed by atoms with Crippen molar-refractivity contribution >= 4 is 0 Å². The molecule has 0 aliphatic carbocycles. The van der Waals surface area contributed by atoms with Crippen molar-refractivity contribution in [3.05, 3.63) is 23.5 Å². The average Bonchev–Trinajstić information content (AvgIpc) is 2.50. The van der Waals surface area contributed by atoms with Gasteiger partial charge in [-0.15, -0.1) is 0 Å². The second-order valence-corrected chi connectivity index (χ2v) is 4.02. The Morgan fingerprint density at radius 1 is 1.29 bits per heavy atom. The van der Waals surface area contributed by atoms with E-state index in [1.54, 1.807) is 0 Å². The normalized spacial score (nSPS) is 13.1. The summed E-state index contributed by atoms with van der Waals surface area (Å²) in [6.45, 7) is 7.28. The third-order valence-electron chi connectivity index (χ3n) is 2.85. The van der Waals surface area contributed by atoms with Gasteiger partial charge >= 0.3 is 0 Å². The molecule has 1 atom stereocenters. The van der Waals surface area contributed by atoms with Gasteiger partial charge in [-0.1, -0.05) is 19.8 Å². The molecule has 1 heterocycles. The molecule has 14 heavy (non-hydrogen) atoms. The zero-order valence-electron chi connectivity index (χ0n) is 9.59. The molecule has 2 nitrogen and oxygen atoms in total. The molecular weight excluding hydrogens is 172 g/mol. The Morgan fingerprint density at radius 3 is 2.29 bits per heavy atom. The highest BCUT2D eigenvalue weighted by atomic mass is 15.0. The Morgan fingerprint density at radius 2 is 1.86 bits per heavy atom. The number of rotatable bonds is 5. The van der Waals surface area contributed by atoms with Gasteiger partial charge in [0.1, 0.15) is 0 Å². The maximum absolute atomic E-state index is 5.82. The first-order valence-corrected chi connectivity index (χ1v) is 5.55. The summed E-state index contributed by atoms with van der Waals surface area (Å²) in [4.78, 5) is 0. The zero-order chi connectivity index (χ0) is 10.6. The van der Waals surface area contributed by atoms with E-state index in [0.29, 0.717) is 6.04 Å². The number of aromatic nitrogens is 1. The first-order chi connectivity index (χ1) is 6.70. The molecule has 80 valence electrons. The van der Waals surface area contributed by atoms with Crippen molar-refractivity contribution in [2.24, 2.45) is 5.73 Å². The van der Waals surface area contributed by atoms with Crippen molar-refractivity contribution < 1.29 is 0 Å². The van der Waals surface area contributed by atoms with E-state index in [1.165, 1.54) is 30.7 Å². The van der Waals surface area contributed by atoms with Crippen molar-refractivity contribution in [3.63, 3.8) is 0 Å². The van der Waals surface area contributed by atoms with Gasteiger partial charge in [0.2, 0.25) is 0 Å². The van der Waals surface area contributed by atoms with Gasteiger partial charge < -0.3 is 10.3 Å². The molecule has 0 amide bonds. The Bertz CT molecular complexity index is 256. The van der Waals surface area contributed by atoms with Gasteiger partial charge in [0, 0.05) is 24.0 Å². The van der Waals surface area contributed by atoms with Crippen molar-refractivity contribution in [3.8, 4) is 0 Å². The summed E-state index contributed by atoms with van der Waals surface area (Å²) in [6, 6.07) is 4.83. The maximum atomic E-state index is 5.82. The molecule has 1 aromatic rings. The van der Waals surface area contributed by atoms with Crippen LogP contribution in [0.15, 0.2) is 12.1 Å². The van der Waals surface area contributed by atoms with Crippen LogP contribution >= 0.6 is 0 Å². The fraction of sp³-hybridized carbons (Fsp3) is 0.667. The highest BCUT2D eigenvalue weighted by molar-refractivity contribution is 5.15. The van der Waals surface area contributed by atoms with Crippen molar-refractivity contribution in [2.45, 2.75) is 46.1 Å². The monoisotopic (exact) mass is 194 g/mol. The summed E-state index contributed by atoms with van der Waals surface area (Å²) in [5.74, 6) is 0. The molecule has 0 fully saturated rings. The molecule has 0 bridgehead atoms. The van der Waals surface area contributed by atoms with Crippen LogP contribution in [-0.2, 0) is 0 Å². The topological polar surface area (TPSA) is 30.9 Å². The maximum Gasteiger partial charge on any atom is 0.0458 e. The number of nitrogens with two attached hydrogens (primary N) is 1. The Hall–Kier alpha value is -0.760. The first kappa shape index (κ1) is 11.3. The summed E-state index contributed by atoms with van der Waals surface area (Å²) >= 11 is 0. The van der Waals surface area contributed by atoms with Crippen LogP contribution in [-0.4, -0.2) is 11.1 Å². The number of unbranched alkanes of at least 4 members (excludes halogenated alkanes) is 1. The van der Waals surface area contributed by atoms with E-state index in [1.807, 2.05) is 0 Å². The Labute approximate surface area is 87.1 Å². The smallest absolute Gasteiger partial charge is 0.0458 e. The predicted molar refractivity (Wildman–Crippen MR) is 61.5 cm³/mol. The molecule has 0 aliphatic rings. The second kappa shape index (κ2) is 5.20. The fourth-order valence-electron chi connectivity index (χ4n) is 2.05. The molecular formula is C12H22N2. The Kier molecular flexibility index (Phi) is 4.21. The minimum atomic E-state index is 0.491. The van der Waals surface area contributed by atoms with Crippen molar-refractivity contribution in [1.82, 2.24) is 4.57 Å². The lowest BCUT2D eigenvalue weighted by Gasteiger charge is -2.20. The van der Waals surface area contributed by atoms with Crippen LogP contribution < -0.4 is 5.73 Å². The minimum absolute atomic E-state index is 0.491. The molecule has 0 radical (unpaired) electrons. The highest BCUT2D eigenvalue weighted by Gasteiger charge is 2.11. The molecule has 2 heteroatoms. The molecule has 1 unspecified atom stereocenters. The molecule has 0 saturated heterocycles. The summed E-state index contributed by atoms with van der Waals surface area (Å²) in [6.07, 6.45) is 3.71. The summed E-state index contributed by atoms with van der Waals surface area (Å²) in [7, 11) is 0. The highest BCUT2D eigenvalue weighted by Crippen LogP contribution is 2.19. The third-order valence-corrected chi connectivity index (χ3v) is 2.85. The van der Waals surface area contributed by atoms with Gasteiger partial charge in [-0.05, 0) is 32.4 Å². The van der Waals surface area contributed by atoms with Crippen molar-refractivity contribution in [2.75, 3.05) is 6.54 Å². The predicted octanol–water partition coefficient (Wildman–Crippen LogP) is 2.79. The molecule has 0 aliphatic heterocycles. The van der Waals surface area contributed by atoms with E-state index in [0.717, 1.165) is 6.54 Å². The van der Waals surface area contributed by atoms with E-state index < -0.39 is 0 Å². The molecule has 1 rings (SSSR count). The van der Waals surface area contributed by atoms with Crippen molar-refractivity contribution in [1.29, 1.82) is 0 Å². The fourth-order valence-corrected chi connectivity index (χ4v) is 2.05. The van der Waals surface area contributed by atoms with Gasteiger partial charge in [0.15, 0.2) is 0 Å². The largest absolute Gasteiger partial charge is 0.345 e. The van der Waals surface area contributed by atoms with Gasteiger partial charge in [-0.2, -0.15) is 0 Å². The van der Waals surface area contributed by atoms with Crippen LogP contribution in [0.1, 0.15) is 43.6 Å². The third kappa shape index (κ3) is 2.38. The van der Waals surface area contributed by atoms with E-state index in [2.05, 4.69) is 37.5 Å². The summed E-state index contributed by atoms with van der Waals surface area (Å²) < 4.78 is 2.37. The van der Waals surface area contributed by atoms with Crippen LogP contribution in [0.3, 0.4) is 0 Å². The molecule has 0 aromatic carbocycles. The lowest BCUT2D eigenvalue weighted by atomic mass is 10.1. The molecule has 0 saturated carbocycles. The number of aryl methyl sites for hydroxylation is 2. The lowest BCUT2D eigenvalue weighted by Crippen LogP contribution is -2.21. The first-order valence-electron chi connectivity index (χ1n) is 5.55. The van der Waals surface area contributed by atoms with Crippen LogP contribution in [0.2, 0.25) is 0 Å². The van der Waals surface area contributed by atoms with Crippen LogP contribution in [0, 0.1) is 13.8 Å². The molecule has 2 N–H and O–H groups in total. The lowest BCUT2D eigenvalue weighted by molar-refractivity contribution is 0.445. The minimum Gasteiger partial charge on any atom is -0.345 e. The van der Waals surface area contributed by atoms with E-state index in [-0.39, 0.29) is 0 Å². The number of hydrogen-bond acceptors (Lipinski definition) is 1. The average molecular weight is 194 g/mol. The van der Waals surface area contributed by atoms with Gasteiger partial charge in [-0.3, -0.25) is 0 Å². The van der Waals surface area contributed by atoms with Crippen LogP contribution in [0.25, 0.3) is 0 Å². The van der Waals surface area contributed by atoms with Gasteiger partial charge in [0.25, 0.3) is 0 Å². The summed E-state index contributed by atoms with van der Waals surface area (Å²) in [5.41, 5.74) is 8.48. The second-order valence-electron chi connectivity index (χ2n) is 4.02. The van der Waals surface area contributed by atoms with E-state index in [9.17, 15) is 0 Å². The SMILES string of the molecule is CCCCC(CN)n1c(C)ccc1C.